The van der Waals surface area contributed by atoms with Crippen LogP contribution in [-0.4, -0.2) is 53.1 Å². The molecule has 1 aliphatic heterocycles. The van der Waals surface area contributed by atoms with E-state index in [1.165, 1.54) is 0 Å². The molecule has 2 rings (SSSR count). The van der Waals surface area contributed by atoms with E-state index in [0.717, 1.165) is 32.0 Å². The number of nitrogens with zero attached hydrogens (tertiary/aromatic N) is 4. The summed E-state index contributed by atoms with van der Waals surface area (Å²) in [5.41, 5.74) is 5.63. The summed E-state index contributed by atoms with van der Waals surface area (Å²) in [6.07, 6.45) is 1.66. The van der Waals surface area contributed by atoms with Crippen LogP contribution >= 0.6 is 11.6 Å². The van der Waals surface area contributed by atoms with Crippen molar-refractivity contribution in [2.24, 2.45) is 10.9 Å². The molecule has 7 heteroatoms. The van der Waals surface area contributed by atoms with Gasteiger partial charge in [0.15, 0.2) is 5.84 Å². The number of amidine groups is 1. The van der Waals surface area contributed by atoms with Crippen molar-refractivity contribution in [2.75, 3.05) is 31.1 Å². The fourth-order valence-corrected chi connectivity index (χ4v) is 2.28. The molecular weight excluding hydrogens is 266 g/mol. The SMILES string of the molecule is CC(C(N)=NO)N1CCN(c2ccc(Cl)cn2)CC1. The third-order valence-corrected chi connectivity index (χ3v) is 3.66. The highest BCUT2D eigenvalue weighted by atomic mass is 35.5. The molecule has 0 aromatic carbocycles. The summed E-state index contributed by atoms with van der Waals surface area (Å²) in [6.45, 7) is 5.35. The number of rotatable bonds is 3. The first-order valence-corrected chi connectivity index (χ1v) is 6.57. The Labute approximate surface area is 117 Å². The van der Waals surface area contributed by atoms with Crippen molar-refractivity contribution >= 4 is 23.3 Å². The van der Waals surface area contributed by atoms with Gasteiger partial charge >= 0.3 is 0 Å². The third-order valence-electron chi connectivity index (χ3n) is 3.44. The second-order valence-electron chi connectivity index (χ2n) is 4.56. The standard InChI is InChI=1S/C12H18ClN5O/c1-9(12(14)16-19)17-4-6-18(7-5-17)11-3-2-10(13)8-15-11/h2-3,8-9,19H,4-7H2,1H3,(H2,14,16). The van der Waals surface area contributed by atoms with E-state index >= 15 is 0 Å². The maximum absolute atomic E-state index is 8.70. The summed E-state index contributed by atoms with van der Waals surface area (Å²) in [7, 11) is 0. The first kappa shape index (κ1) is 13.9. The van der Waals surface area contributed by atoms with E-state index in [9.17, 15) is 0 Å². The molecule has 1 atom stereocenters. The van der Waals surface area contributed by atoms with E-state index in [1.807, 2.05) is 19.1 Å². The number of hydrogen-bond acceptors (Lipinski definition) is 5. The smallest absolute Gasteiger partial charge is 0.156 e. The van der Waals surface area contributed by atoms with Crippen LogP contribution in [0.5, 0.6) is 0 Å². The molecule has 2 heterocycles. The minimum absolute atomic E-state index is 0.0506. The summed E-state index contributed by atoms with van der Waals surface area (Å²) < 4.78 is 0. The van der Waals surface area contributed by atoms with E-state index in [-0.39, 0.29) is 11.9 Å². The van der Waals surface area contributed by atoms with Gasteiger partial charge in [0.2, 0.25) is 0 Å². The molecule has 1 saturated heterocycles. The number of piperazine rings is 1. The van der Waals surface area contributed by atoms with Crippen molar-refractivity contribution in [2.45, 2.75) is 13.0 Å². The zero-order valence-electron chi connectivity index (χ0n) is 10.8. The highest BCUT2D eigenvalue weighted by Crippen LogP contribution is 2.16. The van der Waals surface area contributed by atoms with Crippen molar-refractivity contribution in [3.05, 3.63) is 23.4 Å². The monoisotopic (exact) mass is 283 g/mol. The molecule has 0 saturated carbocycles. The maximum atomic E-state index is 8.70. The Kier molecular flexibility index (Phi) is 4.44. The molecule has 0 amide bonds. The fraction of sp³-hybridized carbons (Fsp3) is 0.500. The van der Waals surface area contributed by atoms with Gasteiger partial charge in [-0.25, -0.2) is 4.98 Å². The van der Waals surface area contributed by atoms with Crippen LogP contribution in [0, 0.1) is 0 Å². The Hall–Kier alpha value is -1.53. The number of pyridine rings is 1. The highest BCUT2D eigenvalue weighted by Gasteiger charge is 2.23. The Morgan fingerprint density at radius 2 is 2.11 bits per heavy atom. The van der Waals surface area contributed by atoms with Crippen molar-refractivity contribution in [1.82, 2.24) is 9.88 Å². The summed E-state index contributed by atoms with van der Waals surface area (Å²) in [5.74, 6) is 1.18. The lowest BCUT2D eigenvalue weighted by Crippen LogP contribution is -2.53. The van der Waals surface area contributed by atoms with E-state index in [1.54, 1.807) is 6.20 Å². The van der Waals surface area contributed by atoms with Crippen molar-refractivity contribution in [3.63, 3.8) is 0 Å². The first-order chi connectivity index (χ1) is 9.11. The number of nitrogens with two attached hydrogens (primary N) is 1. The molecule has 0 aliphatic carbocycles. The highest BCUT2D eigenvalue weighted by molar-refractivity contribution is 6.30. The Morgan fingerprint density at radius 3 is 2.63 bits per heavy atom. The van der Waals surface area contributed by atoms with Gasteiger partial charge in [0, 0.05) is 32.4 Å². The molecule has 1 aromatic rings. The largest absolute Gasteiger partial charge is 0.409 e. The molecule has 6 nitrogen and oxygen atoms in total. The van der Waals surface area contributed by atoms with Crippen LogP contribution in [0.3, 0.4) is 0 Å². The van der Waals surface area contributed by atoms with Gasteiger partial charge < -0.3 is 15.8 Å². The van der Waals surface area contributed by atoms with Crippen LogP contribution in [0.15, 0.2) is 23.5 Å². The van der Waals surface area contributed by atoms with Crippen LogP contribution < -0.4 is 10.6 Å². The minimum atomic E-state index is -0.0506. The molecule has 0 radical (unpaired) electrons. The molecular formula is C12H18ClN5O. The van der Waals surface area contributed by atoms with Gasteiger partial charge in [-0.05, 0) is 19.1 Å². The Bertz CT molecular complexity index is 442. The zero-order valence-corrected chi connectivity index (χ0v) is 11.6. The lowest BCUT2D eigenvalue weighted by atomic mass is 10.2. The maximum Gasteiger partial charge on any atom is 0.156 e. The molecule has 1 aliphatic rings. The number of halogens is 1. The van der Waals surface area contributed by atoms with Crippen LogP contribution in [0.2, 0.25) is 5.02 Å². The third kappa shape index (κ3) is 3.27. The molecule has 104 valence electrons. The predicted molar refractivity (Wildman–Crippen MR) is 75.9 cm³/mol. The molecule has 19 heavy (non-hydrogen) atoms. The van der Waals surface area contributed by atoms with Crippen LogP contribution in [0.25, 0.3) is 0 Å². The first-order valence-electron chi connectivity index (χ1n) is 6.20. The van der Waals surface area contributed by atoms with E-state index in [0.29, 0.717) is 5.02 Å². The fourth-order valence-electron chi connectivity index (χ4n) is 2.16. The van der Waals surface area contributed by atoms with Crippen LogP contribution in [0.1, 0.15) is 6.92 Å². The predicted octanol–water partition coefficient (Wildman–Crippen LogP) is 0.992. The zero-order chi connectivity index (χ0) is 13.8. The Balaban J connectivity index is 1.94. The van der Waals surface area contributed by atoms with Crippen LogP contribution in [-0.2, 0) is 0 Å². The molecule has 1 aromatic heterocycles. The van der Waals surface area contributed by atoms with E-state index < -0.39 is 0 Å². The van der Waals surface area contributed by atoms with Gasteiger partial charge in [-0.1, -0.05) is 16.8 Å². The molecule has 1 unspecified atom stereocenters. The minimum Gasteiger partial charge on any atom is -0.409 e. The molecule has 1 fully saturated rings. The number of anilines is 1. The van der Waals surface area contributed by atoms with Gasteiger partial charge in [-0.2, -0.15) is 0 Å². The lowest BCUT2D eigenvalue weighted by molar-refractivity contribution is 0.230. The number of oxime groups is 1. The summed E-state index contributed by atoms with van der Waals surface area (Å²) in [5, 5.41) is 12.4. The summed E-state index contributed by atoms with van der Waals surface area (Å²) in [6, 6.07) is 3.71. The Morgan fingerprint density at radius 1 is 1.42 bits per heavy atom. The van der Waals surface area contributed by atoms with Crippen molar-refractivity contribution in [3.8, 4) is 0 Å². The van der Waals surface area contributed by atoms with Gasteiger partial charge in [-0.3, -0.25) is 4.90 Å². The number of aromatic nitrogens is 1. The second kappa shape index (κ2) is 6.08. The van der Waals surface area contributed by atoms with E-state index in [4.69, 9.17) is 22.5 Å². The number of hydrogen-bond donors (Lipinski definition) is 2. The topological polar surface area (TPSA) is 78.0 Å². The van der Waals surface area contributed by atoms with Gasteiger partial charge in [-0.15, -0.1) is 0 Å². The van der Waals surface area contributed by atoms with E-state index in [2.05, 4.69) is 19.9 Å². The lowest BCUT2D eigenvalue weighted by Gasteiger charge is -2.38. The van der Waals surface area contributed by atoms with Crippen LogP contribution in [0.4, 0.5) is 5.82 Å². The normalized spacial score (nSPS) is 19.5. The molecule has 3 N–H and O–H groups in total. The average Bonchev–Trinajstić information content (AvgIpc) is 2.46. The van der Waals surface area contributed by atoms with Gasteiger partial charge in [0.1, 0.15) is 5.82 Å². The quantitative estimate of drug-likeness (QED) is 0.374. The van der Waals surface area contributed by atoms with Crippen molar-refractivity contribution in [1.29, 1.82) is 0 Å². The molecule has 0 spiro atoms. The summed E-state index contributed by atoms with van der Waals surface area (Å²) in [4.78, 5) is 8.69. The summed E-state index contributed by atoms with van der Waals surface area (Å²) >= 11 is 5.83. The van der Waals surface area contributed by atoms with Gasteiger partial charge in [0.25, 0.3) is 0 Å². The molecule has 0 bridgehead atoms. The second-order valence-corrected chi connectivity index (χ2v) is 4.99. The van der Waals surface area contributed by atoms with Gasteiger partial charge in [0.05, 0.1) is 11.1 Å². The van der Waals surface area contributed by atoms with Crippen molar-refractivity contribution < 1.29 is 5.21 Å². The average molecular weight is 284 g/mol.